The molecule has 0 heterocycles. The quantitative estimate of drug-likeness (QED) is 0.406. The second kappa shape index (κ2) is 13.3. The summed E-state index contributed by atoms with van der Waals surface area (Å²) in [7, 11) is 0. The fourth-order valence-electron chi connectivity index (χ4n) is 3.56. The minimum Gasteiger partial charge on any atom is -0.481 e. The van der Waals surface area contributed by atoms with Gasteiger partial charge in [-0.2, -0.15) is 0 Å². The lowest BCUT2D eigenvalue weighted by Crippen LogP contribution is -2.33. The van der Waals surface area contributed by atoms with Gasteiger partial charge in [0.25, 0.3) is 0 Å². The Hall–Kier alpha value is -1.06. The van der Waals surface area contributed by atoms with E-state index in [1.54, 1.807) is 0 Å². The van der Waals surface area contributed by atoms with Crippen molar-refractivity contribution in [2.75, 3.05) is 0 Å². The Bertz CT molecular complexity index is 320. The molecule has 0 spiro atoms. The van der Waals surface area contributed by atoms with E-state index in [-0.39, 0.29) is 0 Å². The van der Waals surface area contributed by atoms with Gasteiger partial charge in [0.15, 0.2) is 0 Å². The summed E-state index contributed by atoms with van der Waals surface area (Å²) in [6, 6.07) is 0. The van der Waals surface area contributed by atoms with Crippen LogP contribution in [0.5, 0.6) is 0 Å². The highest BCUT2D eigenvalue weighted by atomic mass is 16.4. The molecule has 0 aromatic carbocycles. The van der Waals surface area contributed by atoms with E-state index in [1.807, 2.05) is 0 Å². The molecule has 2 N–H and O–H groups in total. The Morgan fingerprint density at radius 3 is 1.25 bits per heavy atom. The van der Waals surface area contributed by atoms with Crippen LogP contribution < -0.4 is 0 Å². The number of carboxylic acids is 2. The topological polar surface area (TPSA) is 74.6 Å². The van der Waals surface area contributed by atoms with E-state index in [9.17, 15) is 19.8 Å². The summed E-state index contributed by atoms with van der Waals surface area (Å²) in [5.41, 5.74) is 0. The Morgan fingerprint density at radius 1 is 0.708 bits per heavy atom. The predicted molar refractivity (Wildman–Crippen MR) is 98.1 cm³/mol. The zero-order valence-corrected chi connectivity index (χ0v) is 16.1. The molecule has 0 bridgehead atoms. The van der Waals surface area contributed by atoms with Gasteiger partial charge in [0, 0.05) is 0 Å². The van der Waals surface area contributed by atoms with Gasteiger partial charge in [-0.05, 0) is 24.7 Å². The number of carboxylic acid groups (broad SMARTS) is 2. The summed E-state index contributed by atoms with van der Waals surface area (Å²) in [6.07, 6.45) is 9.16. The lowest BCUT2D eigenvalue weighted by Gasteiger charge is -2.27. The lowest BCUT2D eigenvalue weighted by molar-refractivity contribution is -0.155. The molecule has 24 heavy (non-hydrogen) atoms. The van der Waals surface area contributed by atoms with Gasteiger partial charge in [-0.25, -0.2) is 0 Å². The van der Waals surface area contributed by atoms with Gasteiger partial charge in [-0.15, -0.1) is 0 Å². The third-order valence-corrected chi connectivity index (χ3v) is 5.38. The van der Waals surface area contributed by atoms with Crippen molar-refractivity contribution in [3.05, 3.63) is 0 Å². The highest BCUT2D eigenvalue weighted by Gasteiger charge is 2.36. The Kier molecular flexibility index (Phi) is 12.7. The molecule has 0 aromatic heterocycles. The molecule has 0 radical (unpaired) electrons. The molecule has 0 aliphatic rings. The zero-order valence-electron chi connectivity index (χ0n) is 16.1. The van der Waals surface area contributed by atoms with Crippen LogP contribution in [0.15, 0.2) is 0 Å². The molecule has 0 rings (SSSR count). The summed E-state index contributed by atoms with van der Waals surface area (Å²) in [5.74, 6) is -2.79. The minimum atomic E-state index is -0.942. The monoisotopic (exact) mass is 342 g/mol. The molecule has 0 aromatic rings. The van der Waals surface area contributed by atoms with Crippen molar-refractivity contribution in [1.29, 1.82) is 0 Å². The van der Waals surface area contributed by atoms with E-state index in [2.05, 4.69) is 27.7 Å². The molecule has 4 atom stereocenters. The van der Waals surface area contributed by atoms with E-state index in [0.717, 1.165) is 51.4 Å². The van der Waals surface area contributed by atoms with Crippen molar-refractivity contribution in [3.8, 4) is 0 Å². The SMILES string of the molecule is CCCCC(CC)CC(C(=O)O)C(CC(CC)CCCC)C(=O)O. The smallest absolute Gasteiger partial charge is 0.307 e. The lowest BCUT2D eigenvalue weighted by atomic mass is 9.76. The van der Waals surface area contributed by atoms with Crippen LogP contribution in [0.3, 0.4) is 0 Å². The number of hydrogen-bond donors (Lipinski definition) is 2. The summed E-state index contributed by atoms with van der Waals surface area (Å²) in [4.78, 5) is 23.6. The van der Waals surface area contributed by atoms with Crippen molar-refractivity contribution in [2.45, 2.75) is 91.9 Å². The van der Waals surface area contributed by atoms with Crippen LogP contribution >= 0.6 is 0 Å². The second-order valence-corrected chi connectivity index (χ2v) is 7.19. The van der Waals surface area contributed by atoms with E-state index < -0.39 is 23.8 Å². The molecular weight excluding hydrogens is 304 g/mol. The van der Waals surface area contributed by atoms with E-state index in [4.69, 9.17) is 0 Å². The molecule has 0 saturated heterocycles. The van der Waals surface area contributed by atoms with Gasteiger partial charge >= 0.3 is 11.9 Å². The van der Waals surface area contributed by atoms with E-state index in [1.165, 1.54) is 0 Å². The number of rotatable bonds is 15. The van der Waals surface area contributed by atoms with Crippen molar-refractivity contribution >= 4 is 11.9 Å². The average molecular weight is 343 g/mol. The second-order valence-electron chi connectivity index (χ2n) is 7.19. The normalized spacial score (nSPS) is 16.3. The van der Waals surface area contributed by atoms with Crippen LogP contribution in [0.25, 0.3) is 0 Å². The first-order valence-electron chi connectivity index (χ1n) is 9.86. The van der Waals surface area contributed by atoms with Gasteiger partial charge in [-0.1, -0.05) is 79.1 Å². The largest absolute Gasteiger partial charge is 0.481 e. The molecule has 4 heteroatoms. The maximum atomic E-state index is 11.8. The Balaban J connectivity index is 5.07. The number of aliphatic carboxylic acids is 2. The van der Waals surface area contributed by atoms with Crippen molar-refractivity contribution in [1.82, 2.24) is 0 Å². The van der Waals surface area contributed by atoms with Crippen molar-refractivity contribution < 1.29 is 19.8 Å². The third-order valence-electron chi connectivity index (χ3n) is 5.38. The van der Waals surface area contributed by atoms with Crippen LogP contribution in [0.4, 0.5) is 0 Å². The fraction of sp³-hybridized carbons (Fsp3) is 0.900. The van der Waals surface area contributed by atoms with Crippen LogP contribution in [0.1, 0.15) is 91.9 Å². The third kappa shape index (κ3) is 8.70. The van der Waals surface area contributed by atoms with E-state index in [0.29, 0.717) is 24.7 Å². The standard InChI is InChI=1S/C20H38O4/c1-5-9-11-15(7-3)13-17(19(21)22)18(20(23)24)14-16(8-4)12-10-6-2/h15-18H,5-14H2,1-4H3,(H,21,22)(H,23,24). The summed E-state index contributed by atoms with van der Waals surface area (Å²) in [6.45, 7) is 8.40. The number of carbonyl (C=O) groups is 2. The molecule has 142 valence electrons. The summed E-state index contributed by atoms with van der Waals surface area (Å²) in [5, 5.41) is 19.3. The number of unbranched alkanes of at least 4 members (excludes halogenated alkanes) is 2. The number of hydrogen-bond acceptors (Lipinski definition) is 2. The van der Waals surface area contributed by atoms with Gasteiger partial charge in [0.05, 0.1) is 11.8 Å². The molecule has 0 fully saturated rings. The van der Waals surface area contributed by atoms with E-state index >= 15 is 0 Å². The Morgan fingerprint density at radius 2 is 1.04 bits per heavy atom. The van der Waals surface area contributed by atoms with Gasteiger partial charge in [0.1, 0.15) is 0 Å². The highest BCUT2D eigenvalue weighted by Crippen LogP contribution is 2.32. The first-order chi connectivity index (χ1) is 11.4. The predicted octanol–water partition coefficient (Wildman–Crippen LogP) is 5.60. The maximum Gasteiger partial charge on any atom is 0.307 e. The van der Waals surface area contributed by atoms with Crippen LogP contribution in [-0.2, 0) is 9.59 Å². The molecule has 4 unspecified atom stereocenters. The summed E-state index contributed by atoms with van der Waals surface area (Å²) >= 11 is 0. The molecule has 0 saturated carbocycles. The molecule has 0 aliphatic carbocycles. The van der Waals surface area contributed by atoms with Gasteiger partial charge in [-0.3, -0.25) is 9.59 Å². The van der Waals surface area contributed by atoms with Crippen molar-refractivity contribution in [2.24, 2.45) is 23.7 Å². The summed E-state index contributed by atoms with van der Waals surface area (Å²) < 4.78 is 0. The maximum absolute atomic E-state index is 11.8. The minimum absolute atomic E-state index is 0.309. The fourth-order valence-corrected chi connectivity index (χ4v) is 3.56. The molecule has 4 nitrogen and oxygen atoms in total. The Labute approximate surface area is 148 Å². The molecule has 0 amide bonds. The van der Waals surface area contributed by atoms with Crippen LogP contribution in [0, 0.1) is 23.7 Å². The van der Waals surface area contributed by atoms with Crippen LogP contribution in [-0.4, -0.2) is 22.2 Å². The molecular formula is C20H38O4. The van der Waals surface area contributed by atoms with Crippen molar-refractivity contribution in [3.63, 3.8) is 0 Å². The first kappa shape index (κ1) is 22.9. The zero-order chi connectivity index (χ0) is 18.5. The van der Waals surface area contributed by atoms with Gasteiger partial charge in [0.2, 0.25) is 0 Å². The van der Waals surface area contributed by atoms with Gasteiger partial charge < -0.3 is 10.2 Å². The average Bonchev–Trinajstić information content (AvgIpc) is 2.55. The first-order valence-corrected chi connectivity index (χ1v) is 9.86. The van der Waals surface area contributed by atoms with Crippen LogP contribution in [0.2, 0.25) is 0 Å². The molecule has 0 aliphatic heterocycles. The highest BCUT2D eigenvalue weighted by molar-refractivity contribution is 5.80.